The maximum atomic E-state index is 8.44. The quantitative estimate of drug-likeness (QED) is 0.309. The molecule has 0 aromatic rings. The van der Waals surface area contributed by atoms with Crippen molar-refractivity contribution in [2.75, 3.05) is 0 Å². The van der Waals surface area contributed by atoms with Gasteiger partial charge in [-0.25, -0.2) is 0 Å². The van der Waals surface area contributed by atoms with Gasteiger partial charge in [0.25, 0.3) is 0 Å². The van der Waals surface area contributed by atoms with Crippen LogP contribution in [0.1, 0.15) is 0 Å². The van der Waals surface area contributed by atoms with Crippen LogP contribution in [-0.2, 0) is 11.4 Å². The molecule has 0 aromatic carbocycles. The van der Waals surface area contributed by atoms with Crippen LogP contribution in [0.3, 0.4) is 0 Å². The molecule has 0 saturated heterocycles. The SMILES string of the molecule is O.O.O.O.O.O.O.O=S([O-])[O-].[K+].[K+]. The first-order valence-corrected chi connectivity index (χ1v) is 1.50. The molecule has 14 N–H and O–H groups in total. The second-order valence-electron chi connectivity index (χ2n) is 0.204. The zero-order chi connectivity index (χ0) is 3.58. The van der Waals surface area contributed by atoms with Gasteiger partial charge in [0.05, 0.1) is 0 Å². The van der Waals surface area contributed by atoms with E-state index >= 15 is 0 Å². The van der Waals surface area contributed by atoms with E-state index in [4.69, 9.17) is 13.3 Å². The summed E-state index contributed by atoms with van der Waals surface area (Å²) < 4.78 is 25.3. The minimum Gasteiger partial charge on any atom is -0.784 e. The Morgan fingerprint density at radius 1 is 0.615 bits per heavy atom. The van der Waals surface area contributed by atoms with Crippen molar-refractivity contribution in [1.29, 1.82) is 0 Å². The summed E-state index contributed by atoms with van der Waals surface area (Å²) in [4.78, 5) is 0. The Hall–Kier alpha value is 3.06. The molecule has 0 aliphatic carbocycles. The van der Waals surface area contributed by atoms with E-state index in [1.54, 1.807) is 0 Å². The van der Waals surface area contributed by atoms with E-state index in [2.05, 4.69) is 0 Å². The van der Waals surface area contributed by atoms with Crippen LogP contribution < -0.4 is 103 Å². The first-order valence-electron chi connectivity index (χ1n) is 0.500. The van der Waals surface area contributed by atoms with Gasteiger partial charge in [0, 0.05) is 0 Å². The molecule has 0 spiro atoms. The van der Waals surface area contributed by atoms with E-state index in [0.29, 0.717) is 0 Å². The third-order valence-corrected chi connectivity index (χ3v) is 0. The number of hydrogen-bond donors (Lipinski definition) is 0. The standard InChI is InChI=1S/2K.H2O3S.7H2O/c;;1-4(2)3;;;;;;;/h;;(H2,1,2,3);7*1H2/q2*+1;;;;;;;;/p-2. The van der Waals surface area contributed by atoms with Crippen molar-refractivity contribution in [3.63, 3.8) is 0 Å². The molecule has 0 bridgehead atoms. The summed E-state index contributed by atoms with van der Waals surface area (Å²) in [6.07, 6.45) is 0. The predicted molar refractivity (Wildman–Crippen MR) is 35.0 cm³/mol. The molecule has 0 rings (SSSR count). The Bertz CT molecular complexity index is 35.9. The first-order chi connectivity index (χ1) is 1.73. The van der Waals surface area contributed by atoms with Crippen LogP contribution in [0, 0.1) is 0 Å². The van der Waals surface area contributed by atoms with Gasteiger partial charge in [-0.3, -0.25) is 4.21 Å². The zero-order valence-corrected chi connectivity index (χ0v) is 14.2. The molecule has 0 aliphatic heterocycles. The fourth-order valence-electron chi connectivity index (χ4n) is 0. The molecule has 0 unspecified atom stereocenters. The molecular formula is H14K2O10S. The van der Waals surface area contributed by atoms with Gasteiger partial charge in [-0.15, -0.1) is 11.4 Å². The van der Waals surface area contributed by atoms with Crippen molar-refractivity contribution in [2.45, 2.75) is 0 Å². The molecule has 0 heterocycles. The van der Waals surface area contributed by atoms with Gasteiger partial charge in [-0.1, -0.05) is 0 Å². The predicted octanol–water partition coefficient (Wildman–Crippen LogP) is -12.8. The fourth-order valence-corrected chi connectivity index (χ4v) is 0. The van der Waals surface area contributed by atoms with E-state index in [0.717, 1.165) is 0 Å². The topological polar surface area (TPSA) is 284 Å². The van der Waals surface area contributed by atoms with Crippen LogP contribution in [0.4, 0.5) is 0 Å². The van der Waals surface area contributed by atoms with Crippen molar-refractivity contribution >= 4 is 11.4 Å². The van der Waals surface area contributed by atoms with Gasteiger partial charge in [0.1, 0.15) is 0 Å². The van der Waals surface area contributed by atoms with Gasteiger partial charge in [0.2, 0.25) is 0 Å². The third kappa shape index (κ3) is 274. The summed E-state index contributed by atoms with van der Waals surface area (Å²) in [5, 5.41) is 0. The van der Waals surface area contributed by atoms with Gasteiger partial charge >= 0.3 is 103 Å². The molecule has 0 saturated carbocycles. The molecule has 0 aromatic heterocycles. The molecule has 10 nitrogen and oxygen atoms in total. The Labute approximate surface area is 162 Å². The number of rotatable bonds is 0. The van der Waals surface area contributed by atoms with Crippen molar-refractivity contribution < 1.29 is 154 Å². The Morgan fingerprint density at radius 3 is 0.615 bits per heavy atom. The van der Waals surface area contributed by atoms with E-state index in [1.807, 2.05) is 0 Å². The maximum Gasteiger partial charge on any atom is 1.00 e. The summed E-state index contributed by atoms with van der Waals surface area (Å²) >= 11 is -3.11. The molecule has 0 fully saturated rings. The van der Waals surface area contributed by atoms with E-state index in [9.17, 15) is 0 Å². The smallest absolute Gasteiger partial charge is 0.784 e. The van der Waals surface area contributed by atoms with Crippen LogP contribution in [0.25, 0.3) is 0 Å². The molecule has 13 heavy (non-hydrogen) atoms. The monoisotopic (exact) mass is 284 g/mol. The molecule has 0 atom stereocenters. The number of hydrogen-bond acceptors (Lipinski definition) is 3. The molecule has 0 amide bonds. The van der Waals surface area contributed by atoms with Gasteiger partial charge < -0.3 is 47.4 Å². The normalized spacial score (nSPS) is 2.69. The third-order valence-electron chi connectivity index (χ3n) is 0. The summed E-state index contributed by atoms with van der Waals surface area (Å²) in [6.45, 7) is 0. The van der Waals surface area contributed by atoms with E-state index in [1.165, 1.54) is 0 Å². The van der Waals surface area contributed by atoms with Crippen molar-refractivity contribution in [2.24, 2.45) is 0 Å². The summed E-state index contributed by atoms with van der Waals surface area (Å²) in [5.41, 5.74) is 0. The van der Waals surface area contributed by atoms with Crippen LogP contribution in [0.5, 0.6) is 0 Å². The molecule has 0 aliphatic rings. The maximum absolute atomic E-state index is 8.44. The van der Waals surface area contributed by atoms with Crippen LogP contribution in [0.2, 0.25) is 0 Å². The van der Waals surface area contributed by atoms with Crippen molar-refractivity contribution in [1.82, 2.24) is 0 Å². The van der Waals surface area contributed by atoms with Gasteiger partial charge in [-0.2, -0.15) is 0 Å². The largest absolute Gasteiger partial charge is 1.00 e. The molecule has 0 radical (unpaired) electrons. The molecular weight excluding hydrogens is 270 g/mol. The fraction of sp³-hybridized carbons (Fsp3) is 0. The average Bonchev–Trinajstić information content (AvgIpc) is 0.811. The zero-order valence-electron chi connectivity index (χ0n) is 7.13. The van der Waals surface area contributed by atoms with Crippen LogP contribution >= 0.6 is 0 Å². The Balaban J connectivity index is -0.00000000125. The van der Waals surface area contributed by atoms with Gasteiger partial charge in [0.15, 0.2) is 0 Å². The Kier molecular flexibility index (Phi) is 618. The van der Waals surface area contributed by atoms with E-state index < -0.39 is 11.4 Å². The summed E-state index contributed by atoms with van der Waals surface area (Å²) in [5.74, 6) is 0. The van der Waals surface area contributed by atoms with Crippen LogP contribution in [-0.4, -0.2) is 51.6 Å². The first kappa shape index (κ1) is 99.1. The molecule has 82 valence electrons. The summed E-state index contributed by atoms with van der Waals surface area (Å²) in [6, 6.07) is 0. The van der Waals surface area contributed by atoms with Gasteiger partial charge in [-0.05, 0) is 0 Å². The Morgan fingerprint density at radius 2 is 0.615 bits per heavy atom. The summed E-state index contributed by atoms with van der Waals surface area (Å²) in [7, 11) is 0. The van der Waals surface area contributed by atoms with E-state index in [-0.39, 0.29) is 141 Å². The minimum atomic E-state index is -3.11. The molecule has 13 heteroatoms. The van der Waals surface area contributed by atoms with Crippen LogP contribution in [0.15, 0.2) is 0 Å². The van der Waals surface area contributed by atoms with Crippen molar-refractivity contribution in [3.05, 3.63) is 0 Å². The van der Waals surface area contributed by atoms with Crippen molar-refractivity contribution in [3.8, 4) is 0 Å². The second kappa shape index (κ2) is 81.0. The second-order valence-corrected chi connectivity index (χ2v) is 0.612. The average molecular weight is 284 g/mol. The minimum absolute atomic E-state index is 0.